The van der Waals surface area contributed by atoms with Crippen molar-refractivity contribution >= 4 is 10.0 Å². The molecule has 2 aromatic rings. The van der Waals surface area contributed by atoms with Crippen LogP contribution in [-0.4, -0.2) is 18.2 Å². The fourth-order valence-electron chi connectivity index (χ4n) is 1.40. The van der Waals surface area contributed by atoms with Gasteiger partial charge in [0.1, 0.15) is 0 Å². The molecule has 0 aliphatic carbocycles. The lowest BCUT2D eigenvalue weighted by Crippen LogP contribution is -2.12. The Morgan fingerprint density at radius 1 is 1.16 bits per heavy atom. The fraction of sp³-hybridized carbons (Fsp3) is 0.100. The highest BCUT2D eigenvalue weighted by atomic mass is 32.2. The summed E-state index contributed by atoms with van der Waals surface area (Å²) in [5.74, 6) is 0. The Hall–Kier alpha value is -1.87. The van der Waals surface area contributed by atoms with Gasteiger partial charge in [0.25, 0.3) is 0 Å². The summed E-state index contributed by atoms with van der Waals surface area (Å²) in [6, 6.07) is 5.01. The van der Waals surface area contributed by atoms with Crippen LogP contribution in [0.5, 0.6) is 0 Å². The number of nitrogens with zero attached hydrogens (tertiary/aromatic N) is 2. The molecular formula is C10H8F3N3O2S. The molecule has 0 aliphatic rings. The summed E-state index contributed by atoms with van der Waals surface area (Å²) in [7, 11) is -3.83. The molecule has 1 aromatic heterocycles. The van der Waals surface area contributed by atoms with Gasteiger partial charge in [-0.2, -0.15) is 18.3 Å². The molecule has 0 saturated carbocycles. The van der Waals surface area contributed by atoms with Crippen molar-refractivity contribution in [2.45, 2.75) is 11.1 Å². The maximum atomic E-state index is 12.4. The summed E-state index contributed by atoms with van der Waals surface area (Å²) < 4.78 is 60.2. The molecule has 0 radical (unpaired) electrons. The molecule has 1 aromatic carbocycles. The summed E-state index contributed by atoms with van der Waals surface area (Å²) >= 11 is 0. The van der Waals surface area contributed by atoms with Crippen LogP contribution < -0.4 is 5.14 Å². The van der Waals surface area contributed by atoms with E-state index in [-0.39, 0.29) is 4.90 Å². The molecular weight excluding hydrogens is 283 g/mol. The third-order valence-electron chi connectivity index (χ3n) is 2.34. The van der Waals surface area contributed by atoms with Gasteiger partial charge in [-0.25, -0.2) is 18.2 Å². The Bertz CT molecular complexity index is 690. The van der Waals surface area contributed by atoms with Crippen molar-refractivity contribution in [1.82, 2.24) is 9.78 Å². The van der Waals surface area contributed by atoms with Crippen LogP contribution in [0.15, 0.2) is 41.6 Å². The number of alkyl halides is 3. The number of sulfonamides is 1. The first-order valence-corrected chi connectivity index (χ1v) is 6.48. The van der Waals surface area contributed by atoms with E-state index >= 15 is 0 Å². The van der Waals surface area contributed by atoms with E-state index in [1.807, 2.05) is 0 Å². The van der Waals surface area contributed by atoms with E-state index in [1.165, 1.54) is 24.3 Å². The average Bonchev–Trinajstić information content (AvgIpc) is 2.77. The number of rotatable bonds is 2. The molecule has 0 unspecified atom stereocenters. The van der Waals surface area contributed by atoms with E-state index < -0.39 is 21.8 Å². The van der Waals surface area contributed by atoms with Gasteiger partial charge in [0.2, 0.25) is 10.0 Å². The zero-order valence-electron chi connectivity index (χ0n) is 9.29. The molecule has 2 N–H and O–H groups in total. The Balaban J connectivity index is 2.36. The zero-order valence-corrected chi connectivity index (χ0v) is 10.1. The lowest BCUT2D eigenvalue weighted by atomic mass is 10.3. The van der Waals surface area contributed by atoms with Crippen LogP contribution in [0.1, 0.15) is 5.56 Å². The van der Waals surface area contributed by atoms with Crippen LogP contribution in [0.2, 0.25) is 0 Å². The average molecular weight is 291 g/mol. The Kier molecular flexibility index (Phi) is 3.11. The van der Waals surface area contributed by atoms with Gasteiger partial charge < -0.3 is 0 Å². The number of aromatic nitrogens is 2. The first-order chi connectivity index (χ1) is 8.68. The number of hydrogen-bond donors (Lipinski definition) is 1. The highest BCUT2D eigenvalue weighted by molar-refractivity contribution is 7.89. The maximum absolute atomic E-state index is 12.4. The van der Waals surface area contributed by atoms with Crippen molar-refractivity contribution < 1.29 is 21.6 Å². The molecule has 5 nitrogen and oxygen atoms in total. The second-order valence-electron chi connectivity index (χ2n) is 3.71. The molecule has 0 spiro atoms. The molecule has 9 heteroatoms. The number of halogens is 3. The lowest BCUT2D eigenvalue weighted by molar-refractivity contribution is -0.137. The fourth-order valence-corrected chi connectivity index (χ4v) is 1.91. The van der Waals surface area contributed by atoms with Crippen LogP contribution in [0.4, 0.5) is 13.2 Å². The summed E-state index contributed by atoms with van der Waals surface area (Å²) in [4.78, 5) is -0.126. The first-order valence-electron chi connectivity index (χ1n) is 4.93. The Morgan fingerprint density at radius 2 is 1.74 bits per heavy atom. The van der Waals surface area contributed by atoms with Crippen LogP contribution in [0, 0.1) is 0 Å². The minimum atomic E-state index is -4.47. The molecule has 0 atom stereocenters. The molecule has 0 bridgehead atoms. The summed E-state index contributed by atoms with van der Waals surface area (Å²) in [5, 5.41) is 8.47. The summed E-state index contributed by atoms with van der Waals surface area (Å²) in [6.07, 6.45) is -2.97. The van der Waals surface area contributed by atoms with E-state index in [1.54, 1.807) is 0 Å². The van der Waals surface area contributed by atoms with E-state index in [0.29, 0.717) is 11.9 Å². The van der Waals surface area contributed by atoms with Crippen molar-refractivity contribution in [3.8, 4) is 5.69 Å². The van der Waals surface area contributed by atoms with Gasteiger partial charge in [0, 0.05) is 6.20 Å². The van der Waals surface area contributed by atoms with Crippen molar-refractivity contribution in [1.29, 1.82) is 0 Å². The molecule has 0 aliphatic heterocycles. The van der Waals surface area contributed by atoms with Gasteiger partial charge in [-0.15, -0.1) is 0 Å². The summed E-state index contributed by atoms with van der Waals surface area (Å²) in [5.41, 5.74) is -0.592. The van der Waals surface area contributed by atoms with Crippen LogP contribution in [0.3, 0.4) is 0 Å². The number of benzene rings is 1. The van der Waals surface area contributed by atoms with Crippen LogP contribution >= 0.6 is 0 Å². The molecule has 0 amide bonds. The first kappa shape index (κ1) is 13.6. The van der Waals surface area contributed by atoms with Gasteiger partial charge >= 0.3 is 6.18 Å². The van der Waals surface area contributed by atoms with Crippen LogP contribution in [0.25, 0.3) is 5.69 Å². The highest BCUT2D eigenvalue weighted by Crippen LogP contribution is 2.29. The molecule has 0 fully saturated rings. The smallest absolute Gasteiger partial charge is 0.240 e. The number of hydrogen-bond acceptors (Lipinski definition) is 3. The van der Waals surface area contributed by atoms with Gasteiger partial charge in [-0.1, -0.05) is 0 Å². The lowest BCUT2D eigenvalue weighted by Gasteiger charge is -2.03. The predicted octanol–water partition coefficient (Wildman–Crippen LogP) is 1.54. The molecule has 19 heavy (non-hydrogen) atoms. The number of primary sulfonamides is 1. The van der Waals surface area contributed by atoms with E-state index in [4.69, 9.17) is 5.14 Å². The minimum Gasteiger partial charge on any atom is -0.240 e. The molecule has 1 heterocycles. The Morgan fingerprint density at radius 3 is 2.16 bits per heavy atom. The van der Waals surface area contributed by atoms with Gasteiger partial charge in [0.05, 0.1) is 22.3 Å². The third kappa shape index (κ3) is 2.93. The van der Waals surface area contributed by atoms with Crippen molar-refractivity contribution in [3.05, 3.63) is 42.2 Å². The largest absolute Gasteiger partial charge is 0.419 e. The highest BCUT2D eigenvalue weighted by Gasteiger charge is 2.32. The standard InChI is InChI=1S/C10H8F3N3O2S/c11-10(12,13)7-5-15-16(6-7)8-1-3-9(4-2-8)19(14,17)18/h1-6H,(H2,14,17,18). The third-order valence-corrected chi connectivity index (χ3v) is 3.27. The van der Waals surface area contributed by atoms with Gasteiger partial charge in [0.15, 0.2) is 0 Å². The quantitative estimate of drug-likeness (QED) is 0.911. The molecule has 102 valence electrons. The normalized spacial score (nSPS) is 12.6. The monoisotopic (exact) mass is 291 g/mol. The van der Waals surface area contributed by atoms with E-state index in [0.717, 1.165) is 10.9 Å². The SMILES string of the molecule is NS(=O)(=O)c1ccc(-n2cc(C(F)(F)F)cn2)cc1. The zero-order chi connectivity index (χ0) is 14.3. The summed E-state index contributed by atoms with van der Waals surface area (Å²) in [6.45, 7) is 0. The second-order valence-corrected chi connectivity index (χ2v) is 5.27. The van der Waals surface area contributed by atoms with Crippen molar-refractivity contribution in [2.24, 2.45) is 5.14 Å². The van der Waals surface area contributed by atoms with Gasteiger partial charge in [-0.05, 0) is 24.3 Å². The van der Waals surface area contributed by atoms with Crippen molar-refractivity contribution in [3.63, 3.8) is 0 Å². The van der Waals surface area contributed by atoms with Gasteiger partial charge in [-0.3, -0.25) is 0 Å². The minimum absolute atomic E-state index is 0.126. The topological polar surface area (TPSA) is 78.0 Å². The van der Waals surface area contributed by atoms with E-state index in [9.17, 15) is 21.6 Å². The molecule has 0 saturated heterocycles. The van der Waals surface area contributed by atoms with E-state index in [2.05, 4.69) is 5.10 Å². The maximum Gasteiger partial charge on any atom is 0.419 e. The second kappa shape index (κ2) is 4.35. The Labute approximate surface area is 106 Å². The van der Waals surface area contributed by atoms with Crippen molar-refractivity contribution in [2.75, 3.05) is 0 Å². The number of nitrogens with two attached hydrogens (primary N) is 1. The molecule has 2 rings (SSSR count). The van der Waals surface area contributed by atoms with Crippen LogP contribution in [-0.2, 0) is 16.2 Å². The predicted molar refractivity (Wildman–Crippen MR) is 59.9 cm³/mol.